The van der Waals surface area contributed by atoms with Crippen LogP contribution in [-0.4, -0.2) is 46.1 Å². The predicted molar refractivity (Wildman–Crippen MR) is 118 cm³/mol. The molecule has 0 N–H and O–H groups in total. The maximum Gasteiger partial charge on any atom is 0.199 e. The second-order valence-electron chi connectivity index (χ2n) is 7.30. The fraction of sp³-hybridized carbons (Fsp3) is 0.429. The van der Waals surface area contributed by atoms with Gasteiger partial charge in [-0.1, -0.05) is 24.3 Å². The molecule has 2 aromatic heterocycles. The topological polar surface area (TPSA) is 44.5 Å². The molecule has 0 saturated carbocycles. The number of hydrogen-bond acceptors (Lipinski definition) is 6. The summed E-state index contributed by atoms with van der Waals surface area (Å²) in [5.41, 5.74) is 1.14. The Morgan fingerprint density at radius 1 is 1.31 bits per heavy atom. The van der Waals surface area contributed by atoms with E-state index in [9.17, 15) is 0 Å². The van der Waals surface area contributed by atoms with Crippen molar-refractivity contribution in [3.05, 3.63) is 52.1 Å². The van der Waals surface area contributed by atoms with Crippen molar-refractivity contribution in [1.82, 2.24) is 19.2 Å². The molecule has 4 rings (SSSR count). The lowest BCUT2D eigenvalue weighted by molar-refractivity contribution is 0.0967. The molecule has 0 radical (unpaired) electrons. The molecule has 0 spiro atoms. The largest absolute Gasteiger partial charge is 0.496 e. The number of benzene rings is 1. The van der Waals surface area contributed by atoms with Gasteiger partial charge in [-0.15, -0.1) is 16.4 Å². The second-order valence-corrected chi connectivity index (χ2v) is 8.61. The minimum atomic E-state index is 0.212. The van der Waals surface area contributed by atoms with Crippen molar-refractivity contribution < 1.29 is 9.47 Å². The van der Waals surface area contributed by atoms with Crippen LogP contribution < -0.4 is 4.74 Å². The van der Waals surface area contributed by atoms with Crippen molar-refractivity contribution in [3.8, 4) is 16.5 Å². The Balaban J connectivity index is 1.57. The van der Waals surface area contributed by atoms with E-state index in [-0.39, 0.29) is 6.10 Å². The number of aromatic nitrogens is 3. The number of hydrogen-bond donors (Lipinski definition) is 0. The van der Waals surface area contributed by atoms with Gasteiger partial charge in [0.2, 0.25) is 0 Å². The summed E-state index contributed by atoms with van der Waals surface area (Å²) in [4.78, 5) is 3.31. The highest BCUT2D eigenvalue weighted by Gasteiger charge is 2.21. The molecule has 1 fully saturated rings. The van der Waals surface area contributed by atoms with E-state index in [1.165, 1.54) is 0 Å². The SMILES string of the molecule is COc1ccccc1CN(C)Cn1nc(-c2cccs2)n(CC2CCCO2)c1=S. The van der Waals surface area contributed by atoms with Crippen LogP contribution in [0.4, 0.5) is 0 Å². The first-order valence-electron chi connectivity index (χ1n) is 9.79. The number of para-hydroxylation sites is 1. The van der Waals surface area contributed by atoms with Gasteiger partial charge in [0.1, 0.15) is 5.75 Å². The summed E-state index contributed by atoms with van der Waals surface area (Å²) >= 11 is 7.50. The molecule has 1 unspecified atom stereocenters. The molecule has 6 nitrogen and oxygen atoms in total. The lowest BCUT2D eigenvalue weighted by Crippen LogP contribution is -2.23. The third-order valence-corrected chi connectivity index (χ3v) is 6.38. The van der Waals surface area contributed by atoms with Crippen LogP contribution in [0.3, 0.4) is 0 Å². The molecule has 154 valence electrons. The number of nitrogens with zero attached hydrogens (tertiary/aromatic N) is 4. The van der Waals surface area contributed by atoms with Crippen molar-refractivity contribution in [2.24, 2.45) is 0 Å². The van der Waals surface area contributed by atoms with Gasteiger partial charge in [0, 0.05) is 18.7 Å². The number of rotatable bonds is 8. The quantitative estimate of drug-likeness (QED) is 0.495. The van der Waals surface area contributed by atoms with Crippen molar-refractivity contribution >= 4 is 23.6 Å². The highest BCUT2D eigenvalue weighted by molar-refractivity contribution is 7.71. The van der Waals surface area contributed by atoms with Crippen molar-refractivity contribution in [2.75, 3.05) is 20.8 Å². The molecule has 1 aromatic carbocycles. The van der Waals surface area contributed by atoms with E-state index < -0.39 is 0 Å². The smallest absolute Gasteiger partial charge is 0.199 e. The molecular formula is C21H26N4O2S2. The summed E-state index contributed by atoms with van der Waals surface area (Å²) < 4.78 is 16.1. The van der Waals surface area contributed by atoms with E-state index in [4.69, 9.17) is 26.8 Å². The second kappa shape index (κ2) is 9.21. The zero-order chi connectivity index (χ0) is 20.2. The Bertz CT molecular complexity index is 991. The molecule has 29 heavy (non-hydrogen) atoms. The number of thiophene rings is 1. The lowest BCUT2D eigenvalue weighted by atomic mass is 10.2. The van der Waals surface area contributed by atoms with Gasteiger partial charge >= 0.3 is 0 Å². The predicted octanol–water partition coefficient (Wildman–Crippen LogP) is 4.42. The fourth-order valence-corrected chi connectivity index (χ4v) is 4.66. The summed E-state index contributed by atoms with van der Waals surface area (Å²) in [6.07, 6.45) is 2.40. The summed E-state index contributed by atoms with van der Waals surface area (Å²) in [5.74, 6) is 1.82. The van der Waals surface area contributed by atoms with E-state index in [0.29, 0.717) is 6.67 Å². The fourth-order valence-electron chi connectivity index (χ4n) is 3.68. The van der Waals surface area contributed by atoms with Gasteiger partial charge in [-0.25, -0.2) is 4.68 Å². The number of ether oxygens (including phenoxy) is 2. The van der Waals surface area contributed by atoms with Crippen LogP contribution in [0.5, 0.6) is 5.75 Å². The first-order valence-corrected chi connectivity index (χ1v) is 11.1. The van der Waals surface area contributed by atoms with Gasteiger partial charge in [0.15, 0.2) is 10.6 Å². The van der Waals surface area contributed by atoms with E-state index >= 15 is 0 Å². The van der Waals surface area contributed by atoms with Gasteiger partial charge in [-0.3, -0.25) is 9.47 Å². The molecule has 0 bridgehead atoms. The average molecular weight is 431 g/mol. The maximum absolute atomic E-state index is 5.85. The summed E-state index contributed by atoms with van der Waals surface area (Å²) in [6, 6.07) is 12.2. The zero-order valence-electron chi connectivity index (χ0n) is 16.8. The Hall–Kier alpha value is -2.00. The molecule has 1 aliphatic rings. The minimum absolute atomic E-state index is 0.212. The molecule has 1 saturated heterocycles. The monoisotopic (exact) mass is 430 g/mol. The zero-order valence-corrected chi connectivity index (χ0v) is 18.4. The molecule has 3 aromatic rings. The minimum Gasteiger partial charge on any atom is -0.496 e. The number of methoxy groups -OCH3 is 1. The molecular weight excluding hydrogens is 404 g/mol. The van der Waals surface area contributed by atoms with E-state index in [1.807, 2.05) is 28.9 Å². The van der Waals surface area contributed by atoms with Gasteiger partial charge in [-0.2, -0.15) is 0 Å². The molecule has 3 heterocycles. The summed E-state index contributed by atoms with van der Waals surface area (Å²) in [6.45, 7) is 2.94. The Morgan fingerprint density at radius 3 is 2.90 bits per heavy atom. The van der Waals surface area contributed by atoms with Gasteiger partial charge in [0.25, 0.3) is 0 Å². The van der Waals surface area contributed by atoms with Crippen molar-refractivity contribution in [2.45, 2.75) is 38.7 Å². The molecule has 8 heteroatoms. The molecule has 1 atom stereocenters. The van der Waals surface area contributed by atoms with E-state index in [2.05, 4.69) is 34.0 Å². The summed E-state index contributed by atoms with van der Waals surface area (Å²) in [5, 5.41) is 6.95. The van der Waals surface area contributed by atoms with Crippen LogP contribution in [0.15, 0.2) is 41.8 Å². The van der Waals surface area contributed by atoms with Crippen LogP contribution in [0.25, 0.3) is 10.7 Å². The van der Waals surface area contributed by atoms with E-state index in [1.54, 1.807) is 18.4 Å². The van der Waals surface area contributed by atoms with Gasteiger partial charge in [0.05, 0.1) is 31.3 Å². The summed E-state index contributed by atoms with van der Waals surface area (Å²) in [7, 11) is 3.77. The van der Waals surface area contributed by atoms with Crippen LogP contribution in [-0.2, 0) is 24.5 Å². The molecule has 0 amide bonds. The third-order valence-electron chi connectivity index (χ3n) is 5.08. The van der Waals surface area contributed by atoms with Gasteiger partial charge < -0.3 is 9.47 Å². The maximum atomic E-state index is 5.85. The third kappa shape index (κ3) is 4.61. The average Bonchev–Trinajstić information content (AvgIpc) is 3.47. The first kappa shape index (κ1) is 20.3. The first-order chi connectivity index (χ1) is 14.2. The Kier molecular flexibility index (Phi) is 6.44. The highest BCUT2D eigenvalue weighted by atomic mass is 32.1. The van der Waals surface area contributed by atoms with E-state index in [0.717, 1.165) is 59.3 Å². The Labute approximate surface area is 180 Å². The normalized spacial score (nSPS) is 16.6. The van der Waals surface area contributed by atoms with Crippen LogP contribution in [0.2, 0.25) is 0 Å². The van der Waals surface area contributed by atoms with Crippen LogP contribution in [0, 0.1) is 4.77 Å². The van der Waals surface area contributed by atoms with Crippen molar-refractivity contribution in [1.29, 1.82) is 0 Å². The highest BCUT2D eigenvalue weighted by Crippen LogP contribution is 2.26. The lowest BCUT2D eigenvalue weighted by Gasteiger charge is -2.18. The standard InChI is InChI=1S/C21H26N4O2S2/c1-23(13-16-7-3-4-9-18(16)26-2)15-25-21(28)24(14-17-8-5-11-27-17)20(22-25)19-10-6-12-29-19/h3-4,6-7,9-10,12,17H,5,8,11,13-15H2,1-2H3. The molecule has 1 aliphatic heterocycles. The molecule has 0 aliphatic carbocycles. The Morgan fingerprint density at radius 2 is 2.17 bits per heavy atom. The van der Waals surface area contributed by atoms with Crippen molar-refractivity contribution in [3.63, 3.8) is 0 Å². The van der Waals surface area contributed by atoms with Gasteiger partial charge in [-0.05, 0) is 49.6 Å². The van der Waals surface area contributed by atoms with Crippen LogP contribution in [0.1, 0.15) is 18.4 Å². The van der Waals surface area contributed by atoms with Crippen LogP contribution >= 0.6 is 23.6 Å².